The van der Waals surface area contributed by atoms with E-state index >= 15 is 0 Å². The molecule has 1 fully saturated rings. The lowest BCUT2D eigenvalue weighted by Gasteiger charge is -2.33. The van der Waals surface area contributed by atoms with Crippen LogP contribution in [-0.2, 0) is 0 Å². The monoisotopic (exact) mass is 225 g/mol. The van der Waals surface area contributed by atoms with Gasteiger partial charge in [-0.05, 0) is 55.9 Å². The normalized spacial score (nSPS) is 31.1. The Labute approximate surface area is 98.6 Å². The van der Waals surface area contributed by atoms with Crippen molar-refractivity contribution in [3.8, 4) is 6.07 Å². The van der Waals surface area contributed by atoms with E-state index < -0.39 is 0 Å². The fourth-order valence-corrected chi connectivity index (χ4v) is 3.03. The maximum atomic E-state index is 9.33. The number of hydrogen-bond donors (Lipinski definition) is 0. The van der Waals surface area contributed by atoms with Crippen molar-refractivity contribution in [2.75, 3.05) is 11.5 Å². The second kappa shape index (κ2) is 6.43. The van der Waals surface area contributed by atoms with Gasteiger partial charge in [0, 0.05) is 0 Å². The van der Waals surface area contributed by atoms with E-state index in [1.165, 1.54) is 30.8 Å². The van der Waals surface area contributed by atoms with E-state index in [1.807, 2.05) is 11.8 Å². The summed E-state index contributed by atoms with van der Waals surface area (Å²) in [6.07, 6.45) is 7.15. The molecule has 0 aromatic heterocycles. The Hall–Kier alpha value is -0.160. The first-order valence-corrected chi connectivity index (χ1v) is 7.37. The smallest absolute Gasteiger partial charge is 0.0689 e. The van der Waals surface area contributed by atoms with Crippen molar-refractivity contribution in [3.63, 3.8) is 0 Å². The zero-order chi connectivity index (χ0) is 11.1. The molecule has 0 heterocycles. The number of nitriles is 1. The van der Waals surface area contributed by atoms with Crippen LogP contribution in [0.4, 0.5) is 0 Å². The highest BCUT2D eigenvalue weighted by molar-refractivity contribution is 7.99. The third-order valence-corrected chi connectivity index (χ3v) is 4.60. The Morgan fingerprint density at radius 3 is 2.60 bits per heavy atom. The van der Waals surface area contributed by atoms with Gasteiger partial charge in [-0.1, -0.05) is 13.8 Å². The van der Waals surface area contributed by atoms with Crippen LogP contribution < -0.4 is 0 Å². The molecule has 0 radical (unpaired) electrons. The molecule has 0 spiro atoms. The quantitative estimate of drug-likeness (QED) is 0.653. The number of thioether (sulfide) groups is 1. The Morgan fingerprint density at radius 2 is 2.07 bits per heavy atom. The van der Waals surface area contributed by atoms with Crippen molar-refractivity contribution in [2.45, 2.75) is 52.4 Å². The standard InChI is InChI=1S/C13H23NS/c1-3-15-10-4-7-13(11-14)8-5-12(2)6-9-13/h12H,3-10H2,1-2H3. The molecule has 15 heavy (non-hydrogen) atoms. The van der Waals surface area contributed by atoms with Crippen LogP contribution in [0.25, 0.3) is 0 Å². The molecule has 1 rings (SSSR count). The highest BCUT2D eigenvalue weighted by atomic mass is 32.2. The molecule has 0 unspecified atom stereocenters. The minimum absolute atomic E-state index is 0.0425. The topological polar surface area (TPSA) is 23.8 Å². The average molecular weight is 225 g/mol. The van der Waals surface area contributed by atoms with Gasteiger partial charge in [-0.3, -0.25) is 0 Å². The summed E-state index contributed by atoms with van der Waals surface area (Å²) in [5.41, 5.74) is 0.0425. The van der Waals surface area contributed by atoms with Crippen molar-refractivity contribution in [1.82, 2.24) is 0 Å². The molecule has 1 aliphatic carbocycles. The summed E-state index contributed by atoms with van der Waals surface area (Å²) >= 11 is 2.00. The van der Waals surface area contributed by atoms with Gasteiger partial charge >= 0.3 is 0 Å². The number of nitrogens with zero attached hydrogens (tertiary/aromatic N) is 1. The van der Waals surface area contributed by atoms with Crippen molar-refractivity contribution < 1.29 is 0 Å². The van der Waals surface area contributed by atoms with Gasteiger partial charge in [0.05, 0.1) is 11.5 Å². The van der Waals surface area contributed by atoms with E-state index in [9.17, 15) is 5.26 Å². The van der Waals surface area contributed by atoms with Crippen molar-refractivity contribution in [1.29, 1.82) is 5.26 Å². The molecule has 0 saturated heterocycles. The third-order valence-electron chi connectivity index (χ3n) is 3.62. The highest BCUT2D eigenvalue weighted by Crippen LogP contribution is 2.41. The van der Waals surface area contributed by atoms with Crippen LogP contribution in [-0.4, -0.2) is 11.5 Å². The lowest BCUT2D eigenvalue weighted by atomic mass is 9.69. The summed E-state index contributed by atoms with van der Waals surface area (Å²) < 4.78 is 0. The minimum atomic E-state index is 0.0425. The fourth-order valence-electron chi connectivity index (χ4n) is 2.39. The molecule has 0 N–H and O–H groups in total. The van der Waals surface area contributed by atoms with E-state index in [1.54, 1.807) is 0 Å². The zero-order valence-electron chi connectivity index (χ0n) is 10.1. The highest BCUT2D eigenvalue weighted by Gasteiger charge is 2.33. The number of rotatable bonds is 5. The first-order valence-electron chi connectivity index (χ1n) is 6.21. The minimum Gasteiger partial charge on any atom is -0.198 e. The molecule has 1 saturated carbocycles. The lowest BCUT2D eigenvalue weighted by Crippen LogP contribution is -2.25. The summed E-state index contributed by atoms with van der Waals surface area (Å²) in [6.45, 7) is 4.52. The van der Waals surface area contributed by atoms with Gasteiger partial charge in [0.1, 0.15) is 0 Å². The molecular weight excluding hydrogens is 202 g/mol. The Bertz CT molecular complexity index is 211. The fraction of sp³-hybridized carbons (Fsp3) is 0.923. The van der Waals surface area contributed by atoms with Crippen LogP contribution in [0.2, 0.25) is 0 Å². The second-order valence-electron chi connectivity index (χ2n) is 4.88. The summed E-state index contributed by atoms with van der Waals surface area (Å²) in [4.78, 5) is 0. The van der Waals surface area contributed by atoms with E-state index in [-0.39, 0.29) is 5.41 Å². The molecule has 0 aliphatic heterocycles. The van der Waals surface area contributed by atoms with Crippen LogP contribution in [0.5, 0.6) is 0 Å². The van der Waals surface area contributed by atoms with Gasteiger partial charge in [-0.2, -0.15) is 17.0 Å². The van der Waals surface area contributed by atoms with Crippen LogP contribution in [0.1, 0.15) is 52.4 Å². The van der Waals surface area contributed by atoms with Gasteiger partial charge in [-0.25, -0.2) is 0 Å². The molecule has 0 aromatic rings. The van der Waals surface area contributed by atoms with Gasteiger partial charge in [0.25, 0.3) is 0 Å². The van der Waals surface area contributed by atoms with Crippen LogP contribution >= 0.6 is 11.8 Å². The summed E-state index contributed by atoms with van der Waals surface area (Å²) in [5.74, 6) is 3.28. The molecule has 86 valence electrons. The summed E-state index contributed by atoms with van der Waals surface area (Å²) in [7, 11) is 0. The maximum Gasteiger partial charge on any atom is 0.0689 e. The van der Waals surface area contributed by atoms with Crippen LogP contribution in [0.3, 0.4) is 0 Å². The number of hydrogen-bond acceptors (Lipinski definition) is 2. The first-order chi connectivity index (χ1) is 7.22. The largest absolute Gasteiger partial charge is 0.198 e. The predicted molar refractivity (Wildman–Crippen MR) is 67.9 cm³/mol. The SMILES string of the molecule is CCSCCCC1(C#N)CCC(C)CC1. The molecule has 1 aliphatic rings. The van der Waals surface area contributed by atoms with Gasteiger partial charge in [0.2, 0.25) is 0 Å². The molecule has 0 atom stereocenters. The van der Waals surface area contributed by atoms with Crippen LogP contribution in [0, 0.1) is 22.7 Å². The van der Waals surface area contributed by atoms with Crippen molar-refractivity contribution in [3.05, 3.63) is 0 Å². The predicted octanol–water partition coefficient (Wildman–Crippen LogP) is 4.24. The Morgan fingerprint density at radius 1 is 1.40 bits per heavy atom. The van der Waals surface area contributed by atoms with Gasteiger partial charge in [0.15, 0.2) is 0 Å². The zero-order valence-corrected chi connectivity index (χ0v) is 10.9. The summed E-state index contributed by atoms with van der Waals surface area (Å²) in [6, 6.07) is 2.61. The van der Waals surface area contributed by atoms with E-state index in [0.717, 1.165) is 25.2 Å². The molecule has 0 bridgehead atoms. The van der Waals surface area contributed by atoms with Crippen molar-refractivity contribution >= 4 is 11.8 Å². The lowest BCUT2D eigenvalue weighted by molar-refractivity contribution is 0.205. The van der Waals surface area contributed by atoms with E-state index in [2.05, 4.69) is 19.9 Å². The Kier molecular flexibility index (Phi) is 5.53. The molecule has 0 aromatic carbocycles. The molecule has 1 nitrogen and oxygen atoms in total. The van der Waals surface area contributed by atoms with E-state index in [0.29, 0.717) is 0 Å². The van der Waals surface area contributed by atoms with E-state index in [4.69, 9.17) is 0 Å². The third kappa shape index (κ3) is 4.07. The molecule has 0 amide bonds. The molecule has 2 heteroatoms. The molecular formula is C13H23NS. The second-order valence-corrected chi connectivity index (χ2v) is 6.27. The Balaban J connectivity index is 2.31. The summed E-state index contributed by atoms with van der Waals surface area (Å²) in [5, 5.41) is 9.33. The first kappa shape index (κ1) is 12.9. The van der Waals surface area contributed by atoms with Gasteiger partial charge < -0.3 is 0 Å². The van der Waals surface area contributed by atoms with Crippen molar-refractivity contribution in [2.24, 2.45) is 11.3 Å². The maximum absolute atomic E-state index is 9.33. The average Bonchev–Trinajstić information content (AvgIpc) is 2.28. The van der Waals surface area contributed by atoms with Gasteiger partial charge in [-0.15, -0.1) is 0 Å². The van der Waals surface area contributed by atoms with Crippen LogP contribution in [0.15, 0.2) is 0 Å².